The van der Waals surface area contributed by atoms with Crippen LogP contribution in [-0.2, 0) is 0 Å². The molecule has 0 spiro atoms. The highest BCUT2D eigenvalue weighted by Crippen LogP contribution is 2.30. The Morgan fingerprint density at radius 2 is 1.79 bits per heavy atom. The van der Waals surface area contributed by atoms with Crippen LogP contribution in [0, 0.1) is 11.8 Å². The van der Waals surface area contributed by atoms with Crippen molar-refractivity contribution in [1.82, 2.24) is 5.32 Å². The number of rotatable bonds is 2. The predicted molar refractivity (Wildman–Crippen MR) is 61.4 cm³/mol. The van der Waals surface area contributed by atoms with Crippen molar-refractivity contribution in [3.05, 3.63) is 0 Å². The lowest BCUT2D eigenvalue weighted by Gasteiger charge is -2.34. The molecule has 1 heteroatoms. The first-order chi connectivity index (χ1) is 6.86. The lowest BCUT2D eigenvalue weighted by molar-refractivity contribution is 0.225. The molecule has 1 aliphatic heterocycles. The van der Waals surface area contributed by atoms with Crippen molar-refractivity contribution in [3.63, 3.8) is 0 Å². The summed E-state index contributed by atoms with van der Waals surface area (Å²) in [6, 6.07) is 0.840. The Morgan fingerprint density at radius 1 is 1.00 bits per heavy atom. The van der Waals surface area contributed by atoms with E-state index >= 15 is 0 Å². The summed E-state index contributed by atoms with van der Waals surface area (Å²) in [6.45, 7) is 3.70. The molecule has 2 unspecified atom stereocenters. The fraction of sp³-hybridized carbons (Fsp3) is 1.00. The lowest BCUT2D eigenvalue weighted by atomic mass is 9.80. The Kier molecular flexibility index (Phi) is 3.86. The molecule has 1 nitrogen and oxygen atoms in total. The maximum Gasteiger partial charge on any atom is 0.00953 e. The van der Waals surface area contributed by atoms with Crippen LogP contribution < -0.4 is 5.32 Å². The third kappa shape index (κ3) is 2.73. The highest BCUT2D eigenvalue weighted by atomic mass is 14.9. The van der Waals surface area contributed by atoms with Crippen molar-refractivity contribution in [1.29, 1.82) is 0 Å². The molecule has 2 aliphatic rings. The van der Waals surface area contributed by atoms with Crippen LogP contribution in [0.25, 0.3) is 0 Å². The van der Waals surface area contributed by atoms with E-state index in [0.717, 1.165) is 17.9 Å². The molecular formula is C13H25N. The third-order valence-electron chi connectivity index (χ3n) is 4.24. The second-order valence-electron chi connectivity index (χ2n) is 5.42. The molecule has 0 bridgehead atoms. The van der Waals surface area contributed by atoms with Gasteiger partial charge in [0.1, 0.15) is 0 Å². The molecule has 1 N–H and O–H groups in total. The smallest absolute Gasteiger partial charge is 0.00953 e. The van der Waals surface area contributed by atoms with Crippen LogP contribution in [0.4, 0.5) is 0 Å². The fourth-order valence-electron chi connectivity index (χ4n) is 3.21. The molecule has 1 heterocycles. The van der Waals surface area contributed by atoms with Crippen molar-refractivity contribution in [2.24, 2.45) is 11.8 Å². The zero-order chi connectivity index (χ0) is 9.80. The Labute approximate surface area is 88.7 Å². The second kappa shape index (κ2) is 5.16. The number of hydrogen-bond donors (Lipinski definition) is 1. The van der Waals surface area contributed by atoms with Crippen molar-refractivity contribution in [2.45, 2.75) is 64.3 Å². The summed E-state index contributed by atoms with van der Waals surface area (Å²) in [4.78, 5) is 0. The van der Waals surface area contributed by atoms with E-state index in [-0.39, 0.29) is 0 Å². The molecule has 0 radical (unpaired) electrons. The first kappa shape index (κ1) is 10.5. The summed E-state index contributed by atoms with van der Waals surface area (Å²) < 4.78 is 0. The van der Waals surface area contributed by atoms with E-state index in [1.165, 1.54) is 57.9 Å². The highest BCUT2D eigenvalue weighted by molar-refractivity contribution is 4.81. The quantitative estimate of drug-likeness (QED) is 0.712. The van der Waals surface area contributed by atoms with Crippen molar-refractivity contribution in [3.8, 4) is 0 Å². The predicted octanol–water partition coefficient (Wildman–Crippen LogP) is 3.34. The minimum Gasteiger partial charge on any atom is -0.314 e. The summed E-state index contributed by atoms with van der Waals surface area (Å²) >= 11 is 0. The van der Waals surface area contributed by atoms with Gasteiger partial charge in [0.15, 0.2) is 0 Å². The number of nitrogens with one attached hydrogen (secondary N) is 1. The van der Waals surface area contributed by atoms with Gasteiger partial charge in [-0.15, -0.1) is 0 Å². The average Bonchev–Trinajstić information content (AvgIpc) is 2.23. The maximum atomic E-state index is 3.72. The molecule has 1 saturated carbocycles. The standard InChI is InChI=1S/C13H25N/c1-11-6-5-9-14-13(11)10-12-7-3-2-4-8-12/h11-14H,2-10H2,1H3. The number of piperidine rings is 1. The molecule has 0 aromatic carbocycles. The largest absolute Gasteiger partial charge is 0.314 e. The molecule has 0 aromatic rings. The first-order valence-electron chi connectivity index (χ1n) is 6.59. The van der Waals surface area contributed by atoms with Gasteiger partial charge < -0.3 is 5.32 Å². The monoisotopic (exact) mass is 195 g/mol. The maximum absolute atomic E-state index is 3.72. The van der Waals surface area contributed by atoms with Gasteiger partial charge in [-0.25, -0.2) is 0 Å². The van der Waals surface area contributed by atoms with Gasteiger partial charge in [-0.1, -0.05) is 39.0 Å². The van der Waals surface area contributed by atoms with Gasteiger partial charge in [0.2, 0.25) is 0 Å². The minimum absolute atomic E-state index is 0.840. The summed E-state index contributed by atoms with van der Waals surface area (Å²) in [6.07, 6.45) is 11.8. The Hall–Kier alpha value is -0.0400. The Balaban J connectivity index is 1.76. The second-order valence-corrected chi connectivity index (χ2v) is 5.42. The Morgan fingerprint density at radius 3 is 2.50 bits per heavy atom. The van der Waals surface area contributed by atoms with Gasteiger partial charge in [0.05, 0.1) is 0 Å². The van der Waals surface area contributed by atoms with E-state index in [1.807, 2.05) is 0 Å². The lowest BCUT2D eigenvalue weighted by Crippen LogP contribution is -2.41. The molecule has 2 fully saturated rings. The molecule has 0 amide bonds. The van der Waals surface area contributed by atoms with Crippen LogP contribution >= 0.6 is 0 Å². The van der Waals surface area contributed by atoms with Crippen LogP contribution in [0.2, 0.25) is 0 Å². The van der Waals surface area contributed by atoms with E-state index in [9.17, 15) is 0 Å². The van der Waals surface area contributed by atoms with Crippen LogP contribution in [0.15, 0.2) is 0 Å². The van der Waals surface area contributed by atoms with Crippen molar-refractivity contribution < 1.29 is 0 Å². The molecule has 2 rings (SSSR count). The number of hydrogen-bond acceptors (Lipinski definition) is 1. The molecule has 14 heavy (non-hydrogen) atoms. The summed E-state index contributed by atoms with van der Waals surface area (Å²) in [7, 11) is 0. The van der Waals surface area contributed by atoms with Crippen LogP contribution in [0.5, 0.6) is 0 Å². The van der Waals surface area contributed by atoms with Gasteiger partial charge in [0.25, 0.3) is 0 Å². The fourth-order valence-corrected chi connectivity index (χ4v) is 3.21. The van der Waals surface area contributed by atoms with E-state index in [1.54, 1.807) is 0 Å². The minimum atomic E-state index is 0.840. The van der Waals surface area contributed by atoms with E-state index in [0.29, 0.717) is 0 Å². The molecule has 1 saturated heterocycles. The van der Waals surface area contributed by atoms with E-state index in [4.69, 9.17) is 0 Å². The van der Waals surface area contributed by atoms with Gasteiger partial charge >= 0.3 is 0 Å². The molecule has 0 aromatic heterocycles. The summed E-state index contributed by atoms with van der Waals surface area (Å²) in [5.74, 6) is 1.97. The van der Waals surface area contributed by atoms with Crippen LogP contribution in [0.3, 0.4) is 0 Å². The van der Waals surface area contributed by atoms with Crippen molar-refractivity contribution in [2.75, 3.05) is 6.54 Å². The third-order valence-corrected chi connectivity index (χ3v) is 4.24. The van der Waals surface area contributed by atoms with E-state index < -0.39 is 0 Å². The topological polar surface area (TPSA) is 12.0 Å². The summed E-state index contributed by atoms with van der Waals surface area (Å²) in [5.41, 5.74) is 0. The SMILES string of the molecule is CC1CCCNC1CC1CCCCC1. The van der Waals surface area contributed by atoms with Gasteiger partial charge in [-0.2, -0.15) is 0 Å². The average molecular weight is 195 g/mol. The van der Waals surface area contributed by atoms with Crippen LogP contribution in [0.1, 0.15) is 58.3 Å². The van der Waals surface area contributed by atoms with Gasteiger partial charge in [0, 0.05) is 6.04 Å². The van der Waals surface area contributed by atoms with E-state index in [2.05, 4.69) is 12.2 Å². The van der Waals surface area contributed by atoms with Gasteiger partial charge in [-0.3, -0.25) is 0 Å². The highest BCUT2D eigenvalue weighted by Gasteiger charge is 2.24. The molecule has 1 aliphatic carbocycles. The van der Waals surface area contributed by atoms with Crippen molar-refractivity contribution >= 4 is 0 Å². The Bertz CT molecular complexity index is 161. The first-order valence-corrected chi connectivity index (χ1v) is 6.59. The molecular weight excluding hydrogens is 170 g/mol. The van der Waals surface area contributed by atoms with Gasteiger partial charge in [-0.05, 0) is 37.6 Å². The van der Waals surface area contributed by atoms with Crippen LogP contribution in [-0.4, -0.2) is 12.6 Å². The zero-order valence-corrected chi connectivity index (χ0v) is 9.60. The molecule has 82 valence electrons. The zero-order valence-electron chi connectivity index (χ0n) is 9.60. The summed E-state index contributed by atoms with van der Waals surface area (Å²) in [5, 5.41) is 3.72. The normalized spacial score (nSPS) is 35.8. The molecule has 2 atom stereocenters.